The fraction of sp³-hybridized carbons (Fsp3) is 0.222. The van der Waals surface area contributed by atoms with Crippen LogP contribution in [-0.2, 0) is 16.0 Å². The van der Waals surface area contributed by atoms with Crippen LogP contribution in [0.5, 0.6) is 0 Å². The van der Waals surface area contributed by atoms with E-state index in [4.69, 9.17) is 9.84 Å². The van der Waals surface area contributed by atoms with Gasteiger partial charge in [-0.3, -0.25) is 4.79 Å². The number of hydrogen-bond donors (Lipinski definition) is 2. The number of benzene rings is 2. The highest BCUT2D eigenvalue weighted by Crippen LogP contribution is 2.09. The number of carboxylic acid groups (broad SMARTS) is 1. The molecule has 0 bridgehead atoms. The van der Waals surface area contributed by atoms with E-state index in [-0.39, 0.29) is 30.3 Å². The molecule has 2 aromatic carbocycles. The van der Waals surface area contributed by atoms with Gasteiger partial charge in [0.1, 0.15) is 5.82 Å². The molecule has 0 saturated heterocycles. The molecule has 0 saturated carbocycles. The van der Waals surface area contributed by atoms with Crippen molar-refractivity contribution >= 4 is 17.6 Å². The maximum absolute atomic E-state index is 12.8. The summed E-state index contributed by atoms with van der Waals surface area (Å²) in [4.78, 5) is 22.4. The summed E-state index contributed by atoms with van der Waals surface area (Å²) in [6.45, 7) is 0.719. The van der Waals surface area contributed by atoms with Crippen LogP contribution < -0.4 is 5.32 Å². The van der Waals surface area contributed by atoms with Gasteiger partial charge in [0.05, 0.1) is 25.2 Å². The first-order valence-electron chi connectivity index (χ1n) is 7.50. The summed E-state index contributed by atoms with van der Waals surface area (Å²) in [5, 5.41) is 11.5. The van der Waals surface area contributed by atoms with Gasteiger partial charge in [-0.2, -0.15) is 0 Å². The number of carboxylic acids is 1. The Bertz CT molecular complexity index is 683. The van der Waals surface area contributed by atoms with Gasteiger partial charge in [-0.05, 0) is 48.4 Å². The van der Waals surface area contributed by atoms with Gasteiger partial charge in [-0.25, -0.2) is 9.18 Å². The molecule has 0 heterocycles. The van der Waals surface area contributed by atoms with E-state index in [0.29, 0.717) is 18.7 Å². The molecule has 0 unspecified atom stereocenters. The van der Waals surface area contributed by atoms with Crippen LogP contribution in [0.4, 0.5) is 10.1 Å². The van der Waals surface area contributed by atoms with Gasteiger partial charge < -0.3 is 15.2 Å². The molecule has 0 aromatic heterocycles. The fourth-order valence-corrected chi connectivity index (χ4v) is 2.03. The van der Waals surface area contributed by atoms with Crippen molar-refractivity contribution in [3.8, 4) is 0 Å². The number of amides is 1. The van der Waals surface area contributed by atoms with E-state index in [0.717, 1.165) is 5.56 Å². The Balaban J connectivity index is 1.63. The summed E-state index contributed by atoms with van der Waals surface area (Å²) in [7, 11) is 0. The summed E-state index contributed by atoms with van der Waals surface area (Å²) in [6, 6.07) is 12.1. The molecule has 0 radical (unpaired) electrons. The number of rotatable bonds is 8. The summed E-state index contributed by atoms with van der Waals surface area (Å²) < 4.78 is 18.2. The van der Waals surface area contributed by atoms with Crippen LogP contribution in [-0.4, -0.2) is 30.2 Å². The number of halogens is 1. The van der Waals surface area contributed by atoms with Gasteiger partial charge in [-0.1, -0.05) is 12.1 Å². The van der Waals surface area contributed by atoms with Crippen LogP contribution in [0.25, 0.3) is 0 Å². The van der Waals surface area contributed by atoms with Gasteiger partial charge in [-0.15, -0.1) is 0 Å². The molecule has 0 fully saturated rings. The zero-order valence-electron chi connectivity index (χ0n) is 13.0. The average Bonchev–Trinajstić information content (AvgIpc) is 2.57. The second kappa shape index (κ2) is 8.79. The minimum Gasteiger partial charge on any atom is -0.478 e. The second-order valence-electron chi connectivity index (χ2n) is 5.17. The highest BCUT2D eigenvalue weighted by atomic mass is 19.1. The Morgan fingerprint density at radius 1 is 1.00 bits per heavy atom. The molecular weight excluding hydrogens is 313 g/mol. The van der Waals surface area contributed by atoms with E-state index in [1.807, 2.05) is 0 Å². The molecule has 0 aliphatic carbocycles. The zero-order valence-corrected chi connectivity index (χ0v) is 13.0. The number of nitrogens with one attached hydrogen (secondary N) is 1. The van der Waals surface area contributed by atoms with Gasteiger partial charge in [0.2, 0.25) is 5.91 Å². The topological polar surface area (TPSA) is 75.6 Å². The van der Waals surface area contributed by atoms with Crippen molar-refractivity contribution < 1.29 is 23.8 Å². The molecule has 0 aliphatic heterocycles. The van der Waals surface area contributed by atoms with Crippen molar-refractivity contribution in [3.63, 3.8) is 0 Å². The Kier molecular flexibility index (Phi) is 6.45. The number of aromatic carboxylic acids is 1. The monoisotopic (exact) mass is 331 g/mol. The van der Waals surface area contributed by atoms with Crippen LogP contribution in [0.15, 0.2) is 48.5 Å². The van der Waals surface area contributed by atoms with Crippen LogP contribution in [0.1, 0.15) is 22.3 Å². The average molecular weight is 331 g/mol. The van der Waals surface area contributed by atoms with Crippen LogP contribution in [0.3, 0.4) is 0 Å². The van der Waals surface area contributed by atoms with Crippen LogP contribution in [0, 0.1) is 5.82 Å². The Morgan fingerprint density at radius 2 is 1.67 bits per heavy atom. The number of hydrogen-bond acceptors (Lipinski definition) is 3. The highest BCUT2D eigenvalue weighted by molar-refractivity contribution is 5.90. The lowest BCUT2D eigenvalue weighted by molar-refractivity contribution is -0.117. The van der Waals surface area contributed by atoms with E-state index in [1.165, 1.54) is 24.3 Å². The summed E-state index contributed by atoms with van der Waals surface area (Å²) in [5.74, 6) is -1.51. The van der Waals surface area contributed by atoms with Crippen molar-refractivity contribution in [1.29, 1.82) is 0 Å². The van der Waals surface area contributed by atoms with E-state index in [9.17, 15) is 14.0 Å². The predicted molar refractivity (Wildman–Crippen MR) is 87.6 cm³/mol. The Hall–Kier alpha value is -2.73. The first kappa shape index (κ1) is 17.6. The third-order valence-electron chi connectivity index (χ3n) is 3.34. The first-order valence-corrected chi connectivity index (χ1v) is 7.50. The van der Waals surface area contributed by atoms with Crippen molar-refractivity contribution in [1.82, 2.24) is 0 Å². The molecular formula is C18H18FNO4. The van der Waals surface area contributed by atoms with Crippen molar-refractivity contribution in [3.05, 3.63) is 65.5 Å². The van der Waals surface area contributed by atoms with E-state index < -0.39 is 5.97 Å². The maximum atomic E-state index is 12.8. The first-order chi connectivity index (χ1) is 11.5. The lowest BCUT2D eigenvalue weighted by Gasteiger charge is -2.06. The maximum Gasteiger partial charge on any atom is 0.335 e. The molecule has 0 spiro atoms. The predicted octanol–water partition coefficient (Wildman–Crippen LogP) is 3.11. The molecule has 126 valence electrons. The molecule has 5 nitrogen and oxygen atoms in total. The van der Waals surface area contributed by atoms with Gasteiger partial charge in [0.15, 0.2) is 0 Å². The van der Waals surface area contributed by atoms with Crippen molar-refractivity contribution in [2.24, 2.45) is 0 Å². The lowest BCUT2D eigenvalue weighted by atomic mass is 10.1. The largest absolute Gasteiger partial charge is 0.478 e. The molecule has 24 heavy (non-hydrogen) atoms. The molecule has 2 aromatic rings. The van der Waals surface area contributed by atoms with E-state index in [1.54, 1.807) is 24.3 Å². The quantitative estimate of drug-likeness (QED) is 0.729. The third kappa shape index (κ3) is 5.81. The minimum atomic E-state index is -0.954. The normalized spacial score (nSPS) is 10.4. The number of anilines is 1. The fourth-order valence-electron chi connectivity index (χ4n) is 2.03. The van der Waals surface area contributed by atoms with Gasteiger partial charge in [0.25, 0.3) is 0 Å². The molecule has 1 amide bonds. The van der Waals surface area contributed by atoms with E-state index >= 15 is 0 Å². The number of carbonyl (C=O) groups is 2. The van der Waals surface area contributed by atoms with Gasteiger partial charge in [0, 0.05) is 5.69 Å². The Morgan fingerprint density at radius 3 is 2.29 bits per heavy atom. The van der Waals surface area contributed by atoms with Crippen LogP contribution >= 0.6 is 0 Å². The SMILES string of the molecule is O=C(CCOCCc1ccc(C(=O)O)cc1)Nc1ccc(F)cc1. The zero-order chi connectivity index (χ0) is 17.4. The highest BCUT2D eigenvalue weighted by Gasteiger charge is 2.04. The van der Waals surface area contributed by atoms with E-state index in [2.05, 4.69) is 5.32 Å². The lowest BCUT2D eigenvalue weighted by Crippen LogP contribution is -2.14. The molecule has 2 N–H and O–H groups in total. The molecule has 0 aliphatic rings. The summed E-state index contributed by atoms with van der Waals surface area (Å²) in [6.07, 6.45) is 0.842. The van der Waals surface area contributed by atoms with Crippen molar-refractivity contribution in [2.75, 3.05) is 18.5 Å². The second-order valence-corrected chi connectivity index (χ2v) is 5.17. The Labute approximate surface area is 139 Å². The van der Waals surface area contributed by atoms with Gasteiger partial charge >= 0.3 is 5.97 Å². The van der Waals surface area contributed by atoms with Crippen LogP contribution in [0.2, 0.25) is 0 Å². The number of ether oxygens (including phenoxy) is 1. The minimum absolute atomic E-state index is 0.201. The number of carbonyl (C=O) groups excluding carboxylic acids is 1. The summed E-state index contributed by atoms with van der Waals surface area (Å²) >= 11 is 0. The smallest absolute Gasteiger partial charge is 0.335 e. The standard InChI is InChI=1S/C18H18FNO4/c19-15-5-7-16(8-6-15)20-17(21)10-12-24-11-9-13-1-3-14(4-2-13)18(22)23/h1-8H,9-12H2,(H,20,21)(H,22,23). The summed E-state index contributed by atoms with van der Waals surface area (Å²) in [5.41, 5.74) is 1.76. The molecule has 2 rings (SSSR count). The third-order valence-corrected chi connectivity index (χ3v) is 3.34. The molecule has 6 heteroatoms. The van der Waals surface area contributed by atoms with Crippen molar-refractivity contribution in [2.45, 2.75) is 12.8 Å². The molecule has 0 atom stereocenters.